The third-order valence-electron chi connectivity index (χ3n) is 6.29. The lowest BCUT2D eigenvalue weighted by molar-refractivity contribution is -0.146. The Bertz CT molecular complexity index is 1260. The summed E-state index contributed by atoms with van der Waals surface area (Å²) >= 11 is 0. The van der Waals surface area contributed by atoms with E-state index in [1.165, 1.54) is 19.2 Å². The molecule has 0 aromatic heterocycles. The van der Waals surface area contributed by atoms with E-state index in [1.54, 1.807) is 60.7 Å². The molecule has 3 aromatic carbocycles. The summed E-state index contributed by atoms with van der Waals surface area (Å²) in [5.41, 5.74) is 1.87. The molecule has 0 bridgehead atoms. The highest BCUT2D eigenvalue weighted by atomic mass is 16.6. The second-order valence-electron chi connectivity index (χ2n) is 10.1. The van der Waals surface area contributed by atoms with E-state index >= 15 is 0 Å². The first-order valence-electron chi connectivity index (χ1n) is 13.5. The predicted octanol–water partition coefficient (Wildman–Crippen LogP) is 4.98. The molecule has 3 rings (SSSR count). The lowest BCUT2D eigenvalue weighted by Gasteiger charge is -2.29. The fraction of sp³-hybridized carbons (Fsp3) is 0.312. The first kappa shape index (κ1) is 31.7. The monoisotopic (exact) mass is 576 g/mol. The summed E-state index contributed by atoms with van der Waals surface area (Å²) in [7, 11) is 1.21. The van der Waals surface area contributed by atoms with E-state index in [4.69, 9.17) is 14.2 Å². The van der Waals surface area contributed by atoms with Crippen molar-refractivity contribution >= 4 is 24.1 Å². The maximum absolute atomic E-state index is 13.8. The van der Waals surface area contributed by atoms with E-state index < -0.39 is 36.1 Å². The van der Waals surface area contributed by atoms with Crippen LogP contribution in [0.4, 0.5) is 9.59 Å². The zero-order valence-electron chi connectivity index (χ0n) is 23.9. The quantitative estimate of drug-likeness (QED) is 0.228. The van der Waals surface area contributed by atoms with E-state index in [2.05, 4.69) is 5.32 Å². The number of carbonyl (C=O) groups is 4. The smallest absolute Gasteiger partial charge is 0.420 e. The van der Waals surface area contributed by atoms with Crippen LogP contribution in [-0.2, 0) is 43.4 Å². The Hall–Kier alpha value is -4.86. The van der Waals surface area contributed by atoms with Crippen LogP contribution in [0, 0.1) is 5.92 Å². The minimum absolute atomic E-state index is 0.00355. The summed E-state index contributed by atoms with van der Waals surface area (Å²) in [5.74, 6) is -1.42. The first-order valence-corrected chi connectivity index (χ1v) is 13.5. The molecular formula is C32H36N2O8. The fourth-order valence-corrected chi connectivity index (χ4v) is 4.16. The van der Waals surface area contributed by atoms with E-state index in [0.29, 0.717) is 21.6 Å². The normalized spacial score (nSPS) is 12.1. The number of carbonyl (C=O) groups excluding carboxylic acids is 4. The number of hydrogen-bond acceptors (Lipinski definition) is 8. The van der Waals surface area contributed by atoms with E-state index in [9.17, 15) is 24.3 Å². The second-order valence-corrected chi connectivity index (χ2v) is 10.1. The number of phenolic OH excluding ortho intramolecular Hbond substituents is 1. The third kappa shape index (κ3) is 9.65. The van der Waals surface area contributed by atoms with Crippen LogP contribution in [0.15, 0.2) is 84.9 Å². The number of aromatic hydroxyl groups is 1. The molecule has 0 radical (unpaired) electrons. The summed E-state index contributed by atoms with van der Waals surface area (Å²) in [6, 6.07) is 21.2. The number of methoxy groups -OCH3 is 1. The van der Waals surface area contributed by atoms with Crippen molar-refractivity contribution in [3.63, 3.8) is 0 Å². The van der Waals surface area contributed by atoms with Crippen molar-refractivity contribution in [1.82, 2.24) is 10.2 Å². The van der Waals surface area contributed by atoms with Crippen LogP contribution in [0.1, 0.15) is 37.0 Å². The molecule has 0 aliphatic rings. The van der Waals surface area contributed by atoms with Crippen molar-refractivity contribution < 1.29 is 38.5 Å². The molecule has 0 unspecified atom stereocenters. The van der Waals surface area contributed by atoms with Gasteiger partial charge in [0.25, 0.3) is 0 Å². The van der Waals surface area contributed by atoms with Crippen LogP contribution in [0.3, 0.4) is 0 Å². The number of phenols is 1. The molecule has 10 nitrogen and oxygen atoms in total. The number of ether oxygens (including phenoxy) is 3. The summed E-state index contributed by atoms with van der Waals surface area (Å²) in [6.07, 6.45) is -2.09. The van der Waals surface area contributed by atoms with Gasteiger partial charge in [0.15, 0.2) is 0 Å². The van der Waals surface area contributed by atoms with Gasteiger partial charge in [-0.1, -0.05) is 86.6 Å². The number of esters is 1. The Kier molecular flexibility index (Phi) is 11.9. The molecule has 3 amide bonds. The summed E-state index contributed by atoms with van der Waals surface area (Å²) in [6.45, 7) is 3.44. The maximum atomic E-state index is 13.8. The van der Waals surface area contributed by atoms with E-state index in [1.807, 2.05) is 26.0 Å². The molecule has 0 aliphatic carbocycles. The number of imide groups is 1. The van der Waals surface area contributed by atoms with Crippen molar-refractivity contribution in [1.29, 1.82) is 0 Å². The van der Waals surface area contributed by atoms with Gasteiger partial charge in [0.05, 0.1) is 7.11 Å². The molecular weight excluding hydrogens is 540 g/mol. The molecule has 42 heavy (non-hydrogen) atoms. The minimum atomic E-state index is -1.47. The highest BCUT2D eigenvalue weighted by Gasteiger charge is 2.39. The SMILES string of the molecule is COC(=O)[C@H](CC(C)C)NC(=O)[C@H](Cc1ccc(O)cc1)N(C(=O)OCc1ccccc1)C(=O)OCc1ccccc1. The summed E-state index contributed by atoms with van der Waals surface area (Å²) in [5, 5.41) is 12.4. The van der Waals surface area contributed by atoms with Gasteiger partial charge < -0.3 is 24.6 Å². The van der Waals surface area contributed by atoms with Gasteiger partial charge in [-0.25, -0.2) is 14.4 Å². The Morgan fingerprint density at radius 1 is 0.762 bits per heavy atom. The van der Waals surface area contributed by atoms with Gasteiger partial charge in [-0.05, 0) is 41.2 Å². The van der Waals surface area contributed by atoms with Crippen LogP contribution in [0.5, 0.6) is 5.75 Å². The van der Waals surface area contributed by atoms with Crippen LogP contribution < -0.4 is 5.32 Å². The summed E-state index contributed by atoms with van der Waals surface area (Å²) < 4.78 is 15.8. The molecule has 0 heterocycles. The van der Waals surface area contributed by atoms with Gasteiger partial charge in [0, 0.05) is 6.42 Å². The number of hydrogen-bond donors (Lipinski definition) is 2. The highest BCUT2D eigenvalue weighted by molar-refractivity contribution is 5.96. The number of amides is 3. The van der Waals surface area contributed by atoms with Crippen molar-refractivity contribution in [3.05, 3.63) is 102 Å². The van der Waals surface area contributed by atoms with E-state index in [0.717, 1.165) is 0 Å². The van der Waals surface area contributed by atoms with Crippen LogP contribution in [0.2, 0.25) is 0 Å². The molecule has 0 aliphatic heterocycles. The van der Waals surface area contributed by atoms with Crippen LogP contribution in [0.25, 0.3) is 0 Å². The zero-order chi connectivity index (χ0) is 30.5. The zero-order valence-corrected chi connectivity index (χ0v) is 23.9. The van der Waals surface area contributed by atoms with Gasteiger partial charge in [0.1, 0.15) is 31.0 Å². The Morgan fingerprint density at radius 3 is 1.71 bits per heavy atom. The fourth-order valence-electron chi connectivity index (χ4n) is 4.16. The topological polar surface area (TPSA) is 131 Å². The number of nitrogens with zero attached hydrogens (tertiary/aromatic N) is 1. The molecule has 2 N–H and O–H groups in total. The molecule has 222 valence electrons. The standard InChI is InChI=1S/C32H36N2O8/c1-22(2)18-27(30(37)40-3)33-29(36)28(19-23-14-16-26(35)17-15-23)34(31(38)41-20-24-10-6-4-7-11-24)32(39)42-21-25-12-8-5-9-13-25/h4-17,22,27-28,35H,18-21H2,1-3H3,(H,33,36)/t27-,28-/m0/s1. The molecule has 2 atom stereocenters. The van der Waals surface area contributed by atoms with Crippen molar-refractivity contribution in [2.75, 3.05) is 7.11 Å². The van der Waals surface area contributed by atoms with Crippen LogP contribution in [-0.4, -0.2) is 53.3 Å². The molecule has 0 spiro atoms. The Balaban J connectivity index is 1.96. The second kappa shape index (κ2) is 15.8. The van der Waals surface area contributed by atoms with Gasteiger partial charge in [-0.2, -0.15) is 4.90 Å². The van der Waals surface area contributed by atoms with Crippen LogP contribution >= 0.6 is 0 Å². The maximum Gasteiger partial charge on any atom is 0.420 e. The lowest BCUT2D eigenvalue weighted by atomic mass is 10.0. The molecule has 0 saturated carbocycles. The third-order valence-corrected chi connectivity index (χ3v) is 6.29. The van der Waals surface area contributed by atoms with E-state index in [-0.39, 0.29) is 37.7 Å². The van der Waals surface area contributed by atoms with Crippen molar-refractivity contribution in [3.8, 4) is 5.75 Å². The Morgan fingerprint density at radius 2 is 1.26 bits per heavy atom. The van der Waals surface area contributed by atoms with Crippen molar-refractivity contribution in [2.45, 2.75) is 52.0 Å². The minimum Gasteiger partial charge on any atom is -0.508 e. The lowest BCUT2D eigenvalue weighted by Crippen LogP contribution is -2.56. The average molecular weight is 577 g/mol. The largest absolute Gasteiger partial charge is 0.508 e. The van der Waals surface area contributed by atoms with Gasteiger partial charge in [0.2, 0.25) is 5.91 Å². The van der Waals surface area contributed by atoms with Crippen molar-refractivity contribution in [2.24, 2.45) is 5.92 Å². The first-order chi connectivity index (χ1) is 20.2. The summed E-state index contributed by atoms with van der Waals surface area (Å²) in [4.78, 5) is 53.9. The predicted molar refractivity (Wildman–Crippen MR) is 154 cm³/mol. The Labute approximate surface area is 245 Å². The van der Waals surface area contributed by atoms with Gasteiger partial charge in [-0.15, -0.1) is 0 Å². The molecule has 0 saturated heterocycles. The molecule has 0 fully saturated rings. The average Bonchev–Trinajstić information content (AvgIpc) is 2.99. The number of rotatable bonds is 12. The number of benzene rings is 3. The molecule has 3 aromatic rings. The number of nitrogens with one attached hydrogen (secondary N) is 1. The highest BCUT2D eigenvalue weighted by Crippen LogP contribution is 2.18. The molecule has 10 heteroatoms. The van der Waals surface area contributed by atoms with Gasteiger partial charge >= 0.3 is 18.2 Å². The van der Waals surface area contributed by atoms with Gasteiger partial charge in [-0.3, -0.25) is 4.79 Å².